The molecule has 0 spiro atoms. The van der Waals surface area contributed by atoms with E-state index >= 15 is 0 Å². The predicted molar refractivity (Wildman–Crippen MR) is 72.6 cm³/mol. The lowest BCUT2D eigenvalue weighted by molar-refractivity contribution is 0.556. The summed E-state index contributed by atoms with van der Waals surface area (Å²) in [5, 5.41) is 3.42. The van der Waals surface area contributed by atoms with Gasteiger partial charge in [-0.1, -0.05) is 22.9 Å². The monoisotopic (exact) mass is 287 g/mol. The maximum Gasteiger partial charge on any atom is 0.0176 e. The molecule has 0 bridgehead atoms. The Morgan fingerprint density at radius 2 is 2.00 bits per heavy atom. The van der Waals surface area contributed by atoms with Crippen LogP contribution in [0.25, 0.3) is 0 Å². The van der Waals surface area contributed by atoms with Crippen LogP contribution in [0.4, 0.5) is 0 Å². The molecule has 0 aliphatic heterocycles. The van der Waals surface area contributed by atoms with Crippen molar-refractivity contribution >= 4 is 27.7 Å². The van der Waals surface area contributed by atoms with Crippen LogP contribution in [0.2, 0.25) is 0 Å². The maximum atomic E-state index is 3.44. The van der Waals surface area contributed by atoms with Gasteiger partial charge in [-0.2, -0.15) is 0 Å². The molecule has 0 saturated carbocycles. The first-order valence-corrected chi connectivity index (χ1v) is 7.12. The van der Waals surface area contributed by atoms with Crippen molar-refractivity contribution in [1.29, 1.82) is 0 Å². The van der Waals surface area contributed by atoms with Gasteiger partial charge in [-0.15, -0.1) is 11.8 Å². The number of hydrogen-bond donors (Lipinski definition) is 1. The van der Waals surface area contributed by atoms with E-state index in [1.54, 1.807) is 0 Å². The van der Waals surface area contributed by atoms with Crippen molar-refractivity contribution in [2.24, 2.45) is 0 Å². The molecule has 1 nitrogen and oxygen atoms in total. The fraction of sp³-hybridized carbons (Fsp3) is 0.500. The number of benzene rings is 1. The van der Waals surface area contributed by atoms with E-state index in [1.165, 1.54) is 17.1 Å². The zero-order valence-corrected chi connectivity index (χ0v) is 11.7. The van der Waals surface area contributed by atoms with Gasteiger partial charge in [-0.25, -0.2) is 0 Å². The molecule has 1 aromatic rings. The number of nitrogens with one attached hydrogen (secondary N) is 1. The van der Waals surface area contributed by atoms with Crippen molar-refractivity contribution in [3.8, 4) is 0 Å². The minimum Gasteiger partial charge on any atom is -0.315 e. The molecule has 0 aliphatic rings. The lowest BCUT2D eigenvalue weighted by atomic mass is 10.3. The largest absolute Gasteiger partial charge is 0.315 e. The van der Waals surface area contributed by atoms with E-state index < -0.39 is 0 Å². The third-order valence-electron chi connectivity index (χ3n) is 2.19. The van der Waals surface area contributed by atoms with E-state index in [0.29, 0.717) is 6.04 Å². The predicted octanol–water partition coefficient (Wildman–Crippen LogP) is 3.93. The van der Waals surface area contributed by atoms with Crippen LogP contribution in [-0.4, -0.2) is 18.3 Å². The van der Waals surface area contributed by atoms with E-state index in [-0.39, 0.29) is 0 Å². The molecule has 1 unspecified atom stereocenters. The summed E-state index contributed by atoms with van der Waals surface area (Å²) in [5.41, 5.74) is 0. The van der Waals surface area contributed by atoms with E-state index in [1.807, 2.05) is 11.8 Å². The van der Waals surface area contributed by atoms with E-state index in [9.17, 15) is 0 Å². The Labute approximate surface area is 105 Å². The Morgan fingerprint density at radius 3 is 2.60 bits per heavy atom. The maximum absolute atomic E-state index is 3.44. The van der Waals surface area contributed by atoms with Gasteiger partial charge in [0.05, 0.1) is 0 Å². The Balaban J connectivity index is 2.22. The normalized spacial score (nSPS) is 12.7. The van der Waals surface area contributed by atoms with E-state index in [4.69, 9.17) is 0 Å². The van der Waals surface area contributed by atoms with Crippen LogP contribution in [0, 0.1) is 0 Å². The molecule has 0 aromatic heterocycles. The molecule has 0 saturated heterocycles. The summed E-state index contributed by atoms with van der Waals surface area (Å²) in [7, 11) is 0. The minimum atomic E-state index is 0.623. The first-order chi connectivity index (χ1) is 7.22. The molecule has 1 atom stereocenters. The van der Waals surface area contributed by atoms with Gasteiger partial charge < -0.3 is 5.32 Å². The highest BCUT2D eigenvalue weighted by molar-refractivity contribution is 9.10. The van der Waals surface area contributed by atoms with Crippen LogP contribution in [0.5, 0.6) is 0 Å². The van der Waals surface area contributed by atoms with E-state index in [2.05, 4.69) is 59.4 Å². The Kier molecular flexibility index (Phi) is 6.37. The van der Waals surface area contributed by atoms with Gasteiger partial charge in [0.1, 0.15) is 0 Å². The fourth-order valence-corrected chi connectivity index (χ4v) is 2.63. The third-order valence-corrected chi connectivity index (χ3v) is 3.76. The lowest BCUT2D eigenvalue weighted by Crippen LogP contribution is -2.25. The second-order valence-electron chi connectivity index (χ2n) is 3.55. The Morgan fingerprint density at radius 1 is 1.33 bits per heavy atom. The smallest absolute Gasteiger partial charge is 0.0176 e. The number of halogens is 1. The molecular formula is C12H18BrNS. The molecule has 1 aromatic carbocycles. The van der Waals surface area contributed by atoms with Crippen molar-refractivity contribution in [1.82, 2.24) is 5.32 Å². The molecule has 0 aliphatic carbocycles. The quantitative estimate of drug-likeness (QED) is 0.796. The molecule has 1 N–H and O–H groups in total. The molecule has 84 valence electrons. The highest BCUT2D eigenvalue weighted by Gasteiger charge is 2.00. The molecule has 0 amide bonds. The van der Waals surface area contributed by atoms with Gasteiger partial charge in [0.15, 0.2) is 0 Å². The molecule has 0 heterocycles. The fourth-order valence-electron chi connectivity index (χ4n) is 1.33. The average Bonchev–Trinajstić information content (AvgIpc) is 2.21. The Hall–Kier alpha value is 0.01000. The van der Waals surface area contributed by atoms with Gasteiger partial charge in [0, 0.05) is 15.4 Å². The summed E-state index contributed by atoms with van der Waals surface area (Å²) in [5.74, 6) is 1.18. The lowest BCUT2D eigenvalue weighted by Gasteiger charge is -2.11. The summed E-state index contributed by atoms with van der Waals surface area (Å²) in [6, 6.07) is 9.13. The van der Waals surface area contributed by atoms with Crippen LogP contribution in [0.15, 0.2) is 33.6 Å². The SMILES string of the molecule is CCNC(C)CCSc1ccc(Br)cc1. The van der Waals surface area contributed by atoms with Gasteiger partial charge in [0.2, 0.25) is 0 Å². The van der Waals surface area contributed by atoms with Crippen LogP contribution < -0.4 is 5.32 Å². The highest BCUT2D eigenvalue weighted by Crippen LogP contribution is 2.21. The van der Waals surface area contributed by atoms with Crippen molar-refractivity contribution in [2.45, 2.75) is 31.2 Å². The van der Waals surface area contributed by atoms with Crippen molar-refractivity contribution in [2.75, 3.05) is 12.3 Å². The van der Waals surface area contributed by atoms with Crippen molar-refractivity contribution in [3.05, 3.63) is 28.7 Å². The summed E-state index contributed by atoms with van der Waals surface area (Å²) < 4.78 is 1.15. The van der Waals surface area contributed by atoms with Gasteiger partial charge in [0.25, 0.3) is 0 Å². The molecule has 3 heteroatoms. The third kappa shape index (κ3) is 5.59. The highest BCUT2D eigenvalue weighted by atomic mass is 79.9. The zero-order chi connectivity index (χ0) is 11.1. The molecule has 1 rings (SSSR count). The summed E-state index contributed by atoms with van der Waals surface area (Å²) >= 11 is 5.36. The summed E-state index contributed by atoms with van der Waals surface area (Å²) in [6.45, 7) is 5.45. The second-order valence-corrected chi connectivity index (χ2v) is 5.63. The van der Waals surface area contributed by atoms with Gasteiger partial charge in [-0.3, -0.25) is 0 Å². The van der Waals surface area contributed by atoms with Gasteiger partial charge >= 0.3 is 0 Å². The van der Waals surface area contributed by atoms with Crippen molar-refractivity contribution < 1.29 is 0 Å². The van der Waals surface area contributed by atoms with Crippen LogP contribution in [-0.2, 0) is 0 Å². The number of rotatable bonds is 6. The van der Waals surface area contributed by atoms with Crippen molar-refractivity contribution in [3.63, 3.8) is 0 Å². The molecular weight excluding hydrogens is 270 g/mol. The Bertz CT molecular complexity index is 273. The van der Waals surface area contributed by atoms with Crippen LogP contribution in [0.1, 0.15) is 20.3 Å². The summed E-state index contributed by atoms with van der Waals surface area (Å²) in [4.78, 5) is 1.35. The zero-order valence-electron chi connectivity index (χ0n) is 9.29. The second kappa shape index (κ2) is 7.31. The first kappa shape index (κ1) is 13.1. The molecule has 0 fully saturated rings. The first-order valence-electron chi connectivity index (χ1n) is 5.34. The van der Waals surface area contributed by atoms with Gasteiger partial charge in [-0.05, 0) is 49.9 Å². The van der Waals surface area contributed by atoms with Crippen LogP contribution in [0.3, 0.4) is 0 Å². The molecule has 0 radical (unpaired) electrons. The summed E-state index contributed by atoms with van der Waals surface area (Å²) in [6.07, 6.45) is 1.22. The van der Waals surface area contributed by atoms with E-state index in [0.717, 1.165) is 11.0 Å². The van der Waals surface area contributed by atoms with Crippen LogP contribution >= 0.6 is 27.7 Å². The molecule has 15 heavy (non-hydrogen) atoms. The number of hydrogen-bond acceptors (Lipinski definition) is 2. The topological polar surface area (TPSA) is 12.0 Å². The standard InChI is InChI=1S/C12H18BrNS/c1-3-14-10(2)8-9-15-12-6-4-11(13)5-7-12/h4-7,10,14H,3,8-9H2,1-2H3. The number of thioether (sulfide) groups is 1. The average molecular weight is 288 g/mol. The minimum absolute atomic E-state index is 0.623.